The van der Waals surface area contributed by atoms with Crippen molar-refractivity contribution >= 4 is 9.52 Å². The largest absolute Gasteiger partial charge is 0.144 e. The summed E-state index contributed by atoms with van der Waals surface area (Å²) in [5, 5.41) is 0. The Morgan fingerprint density at radius 1 is 2.00 bits per heavy atom. The van der Waals surface area contributed by atoms with Crippen LogP contribution in [0.25, 0.3) is 0 Å². The van der Waals surface area contributed by atoms with Gasteiger partial charge in [-0.15, -0.1) is 12.0 Å². The Hall–Kier alpha value is -0.223. The average Bonchev–Trinajstić information content (AvgIpc) is 1.37. The Morgan fingerprint density at radius 2 is 2.25 bits per heavy atom. The molecular weight excluding hydrogens is 64.1 g/mol. The summed E-state index contributed by atoms with van der Waals surface area (Å²) in [5.74, 6) is 0. The molecule has 4 heavy (non-hydrogen) atoms. The highest BCUT2D eigenvalue weighted by Gasteiger charge is 1.49. The van der Waals surface area contributed by atoms with Crippen LogP contribution >= 0.6 is 0 Å². The van der Waals surface area contributed by atoms with E-state index >= 15 is 0 Å². The lowest BCUT2D eigenvalue weighted by molar-refractivity contribution is 2.32. The average molecular weight is 68.2 g/mol. The van der Waals surface area contributed by atoms with Crippen molar-refractivity contribution in [2.75, 3.05) is 0 Å². The molecule has 0 spiro atoms. The van der Waals surface area contributed by atoms with Gasteiger partial charge in [-0.05, 0) is 0 Å². The van der Waals surface area contributed by atoms with Gasteiger partial charge in [-0.2, -0.15) is 0 Å². The van der Waals surface area contributed by atoms with Crippen molar-refractivity contribution in [3.05, 3.63) is 0 Å². The molecule has 0 aliphatic rings. The fourth-order valence-electron chi connectivity index (χ4n) is 0. The first-order chi connectivity index (χ1) is 1.91. The maximum absolute atomic E-state index is 4.79. The lowest BCUT2D eigenvalue weighted by Crippen LogP contribution is -1.63. The SMILES string of the molecule is C#C[Si]C. The summed E-state index contributed by atoms with van der Waals surface area (Å²) in [7, 11) is 0.668. The molecule has 0 unspecified atom stereocenters. The number of hydrogen-bond donors (Lipinski definition) is 0. The molecule has 1 heteroatoms. The summed E-state index contributed by atoms with van der Waals surface area (Å²) in [6.07, 6.45) is 4.79. The van der Waals surface area contributed by atoms with Crippen LogP contribution in [0.3, 0.4) is 0 Å². The third kappa shape index (κ3) is 1.78. The van der Waals surface area contributed by atoms with Crippen LogP contribution in [0, 0.1) is 12.0 Å². The molecule has 0 aromatic carbocycles. The zero-order valence-electron chi connectivity index (χ0n) is 2.58. The molecule has 0 fully saturated rings. The zero-order chi connectivity index (χ0) is 3.41. The predicted molar refractivity (Wildman–Crippen MR) is 20.5 cm³/mol. The van der Waals surface area contributed by atoms with E-state index in [-0.39, 0.29) is 0 Å². The lowest BCUT2D eigenvalue weighted by atomic mass is 11.4. The van der Waals surface area contributed by atoms with E-state index < -0.39 is 0 Å². The van der Waals surface area contributed by atoms with Gasteiger partial charge < -0.3 is 0 Å². The van der Waals surface area contributed by atoms with E-state index in [4.69, 9.17) is 6.42 Å². The molecule has 20 valence electrons. The van der Waals surface area contributed by atoms with E-state index in [1.807, 2.05) is 6.55 Å². The van der Waals surface area contributed by atoms with Gasteiger partial charge in [-0.1, -0.05) is 6.55 Å². The molecule has 0 atom stereocenters. The second-order valence-electron chi connectivity index (χ2n) is 0.394. The van der Waals surface area contributed by atoms with Gasteiger partial charge in [0.15, 0.2) is 0 Å². The van der Waals surface area contributed by atoms with Crippen LogP contribution in [0.5, 0.6) is 0 Å². The number of rotatable bonds is 0. The summed E-state index contributed by atoms with van der Waals surface area (Å²) in [6, 6.07) is 0. The lowest BCUT2D eigenvalue weighted by Gasteiger charge is -1.48. The van der Waals surface area contributed by atoms with Gasteiger partial charge in [-0.3, -0.25) is 0 Å². The number of terminal acetylenes is 1. The fraction of sp³-hybridized carbons (Fsp3) is 0.333. The molecule has 0 heterocycles. The maximum Gasteiger partial charge on any atom is 0.144 e. The van der Waals surface area contributed by atoms with Crippen LogP contribution in [0.15, 0.2) is 0 Å². The topological polar surface area (TPSA) is 0 Å². The minimum Gasteiger partial charge on any atom is -0.139 e. The van der Waals surface area contributed by atoms with E-state index in [2.05, 4.69) is 5.54 Å². The highest BCUT2D eigenvalue weighted by Crippen LogP contribution is 1.37. The van der Waals surface area contributed by atoms with Crippen LogP contribution in [0.2, 0.25) is 6.55 Å². The van der Waals surface area contributed by atoms with E-state index in [0.717, 1.165) is 0 Å². The van der Waals surface area contributed by atoms with Gasteiger partial charge in [-0.25, -0.2) is 0 Å². The van der Waals surface area contributed by atoms with Crippen molar-refractivity contribution in [1.29, 1.82) is 0 Å². The molecule has 0 rings (SSSR count). The quantitative estimate of drug-likeness (QED) is 0.283. The monoisotopic (exact) mass is 68.0 g/mol. The van der Waals surface area contributed by atoms with Gasteiger partial charge >= 0.3 is 0 Å². The van der Waals surface area contributed by atoms with E-state index in [0.29, 0.717) is 9.52 Å². The molecule has 0 nitrogen and oxygen atoms in total. The van der Waals surface area contributed by atoms with Crippen LogP contribution < -0.4 is 0 Å². The van der Waals surface area contributed by atoms with Gasteiger partial charge in [0.05, 0.1) is 0 Å². The normalized spacial score (nSPS) is 5.00. The van der Waals surface area contributed by atoms with Crippen molar-refractivity contribution in [2.24, 2.45) is 0 Å². The molecule has 0 aliphatic heterocycles. The molecule has 0 aromatic rings. The van der Waals surface area contributed by atoms with Crippen LogP contribution in [-0.2, 0) is 0 Å². The van der Waals surface area contributed by atoms with Crippen molar-refractivity contribution in [2.45, 2.75) is 6.55 Å². The Balaban J connectivity index is 2.43. The molecule has 0 saturated carbocycles. The molecule has 0 bridgehead atoms. The highest BCUT2D eigenvalue weighted by atomic mass is 28.2. The fourth-order valence-corrected chi connectivity index (χ4v) is 0. The summed E-state index contributed by atoms with van der Waals surface area (Å²) in [4.78, 5) is 0. The van der Waals surface area contributed by atoms with Crippen molar-refractivity contribution in [3.8, 4) is 12.0 Å². The Morgan fingerprint density at radius 3 is 2.25 bits per heavy atom. The first kappa shape index (κ1) is 3.78. The van der Waals surface area contributed by atoms with Gasteiger partial charge in [0.25, 0.3) is 0 Å². The first-order valence-corrected chi connectivity index (χ1v) is 2.54. The molecule has 0 N–H and O–H groups in total. The standard InChI is InChI=1S/C3H4Si/c1-3-4-2/h1H,2H3. The molecule has 0 aliphatic carbocycles. The summed E-state index contributed by atoms with van der Waals surface area (Å²) in [5.41, 5.74) is 2.46. The van der Waals surface area contributed by atoms with E-state index in [9.17, 15) is 0 Å². The first-order valence-electron chi connectivity index (χ1n) is 1.04. The Bertz CT molecular complexity index is 33.0. The molecular formula is C3H4Si. The van der Waals surface area contributed by atoms with Crippen molar-refractivity contribution in [3.63, 3.8) is 0 Å². The zero-order valence-corrected chi connectivity index (χ0v) is 3.58. The van der Waals surface area contributed by atoms with Crippen LogP contribution in [-0.4, -0.2) is 9.52 Å². The molecule has 0 amide bonds. The second kappa shape index (κ2) is 2.78. The van der Waals surface area contributed by atoms with Crippen molar-refractivity contribution < 1.29 is 0 Å². The summed E-state index contributed by atoms with van der Waals surface area (Å²) >= 11 is 0. The minimum atomic E-state index is 0.668. The molecule has 2 radical (unpaired) electrons. The Kier molecular flexibility index (Phi) is 2.62. The highest BCUT2D eigenvalue weighted by molar-refractivity contribution is 6.44. The summed E-state index contributed by atoms with van der Waals surface area (Å²) < 4.78 is 0. The predicted octanol–water partition coefficient (Wildman–Crippen LogP) is 0.329. The third-order valence-electron chi connectivity index (χ3n) is 0.144. The molecule has 0 saturated heterocycles. The number of hydrogen-bond acceptors (Lipinski definition) is 0. The third-order valence-corrected chi connectivity index (χ3v) is 0.433. The minimum absolute atomic E-state index is 0.668. The van der Waals surface area contributed by atoms with Crippen LogP contribution in [0.1, 0.15) is 0 Å². The van der Waals surface area contributed by atoms with Crippen molar-refractivity contribution in [1.82, 2.24) is 0 Å². The Labute approximate surface area is 29.0 Å². The van der Waals surface area contributed by atoms with E-state index in [1.54, 1.807) is 0 Å². The second-order valence-corrected chi connectivity index (χ2v) is 1.18. The van der Waals surface area contributed by atoms with Gasteiger partial charge in [0.2, 0.25) is 0 Å². The van der Waals surface area contributed by atoms with E-state index in [1.165, 1.54) is 0 Å². The maximum atomic E-state index is 4.79. The van der Waals surface area contributed by atoms with Crippen LogP contribution in [0.4, 0.5) is 0 Å². The summed E-state index contributed by atoms with van der Waals surface area (Å²) in [6.45, 7) is 1.97. The van der Waals surface area contributed by atoms with Gasteiger partial charge in [0.1, 0.15) is 9.52 Å². The molecule has 0 aromatic heterocycles. The van der Waals surface area contributed by atoms with Gasteiger partial charge in [0, 0.05) is 0 Å². The smallest absolute Gasteiger partial charge is 0.139 e.